The highest BCUT2D eigenvalue weighted by Crippen LogP contribution is 2.31. The highest BCUT2D eigenvalue weighted by molar-refractivity contribution is 5.96. The van der Waals surface area contributed by atoms with E-state index in [1.165, 1.54) is 12.8 Å². The molecule has 1 fully saturated rings. The molecule has 92 valence electrons. The van der Waals surface area contributed by atoms with Gasteiger partial charge in [-0.25, -0.2) is 0 Å². The molecule has 0 atom stereocenters. The minimum absolute atomic E-state index is 0.0113. The van der Waals surface area contributed by atoms with Gasteiger partial charge in [0.25, 0.3) is 0 Å². The molecule has 0 unspecified atom stereocenters. The van der Waals surface area contributed by atoms with Gasteiger partial charge < -0.3 is 4.52 Å². The number of hydrogen-bond donors (Lipinski definition) is 0. The van der Waals surface area contributed by atoms with Crippen molar-refractivity contribution in [3.05, 3.63) is 47.6 Å². The molecule has 1 aromatic carbocycles. The average Bonchev–Trinajstić information content (AvgIpc) is 3.10. The van der Waals surface area contributed by atoms with Crippen LogP contribution in [0, 0.1) is 5.92 Å². The van der Waals surface area contributed by atoms with E-state index in [1.807, 2.05) is 18.2 Å². The number of nitrogens with zero attached hydrogens (tertiary/aromatic N) is 2. The number of carbonyl (C=O) groups excluding carboxylic acids is 1. The van der Waals surface area contributed by atoms with Crippen LogP contribution in [0.3, 0.4) is 0 Å². The van der Waals surface area contributed by atoms with Gasteiger partial charge in [0, 0.05) is 12.0 Å². The first-order valence-electron chi connectivity index (χ1n) is 6.21. The molecule has 0 spiro atoms. The maximum Gasteiger partial charge on any atom is 0.234 e. The maximum atomic E-state index is 11.9. The van der Waals surface area contributed by atoms with Gasteiger partial charge in [-0.15, -0.1) is 0 Å². The third-order valence-corrected chi connectivity index (χ3v) is 3.09. The fourth-order valence-electron chi connectivity index (χ4n) is 1.89. The van der Waals surface area contributed by atoms with Crippen LogP contribution in [0.15, 0.2) is 34.9 Å². The zero-order valence-corrected chi connectivity index (χ0v) is 10.0. The summed E-state index contributed by atoms with van der Waals surface area (Å²) in [4.78, 5) is 16.2. The average molecular weight is 242 g/mol. The predicted octanol–water partition coefficient (Wildman–Crippen LogP) is 2.45. The number of aromatic nitrogens is 2. The van der Waals surface area contributed by atoms with E-state index >= 15 is 0 Å². The quantitative estimate of drug-likeness (QED) is 0.756. The van der Waals surface area contributed by atoms with Crippen molar-refractivity contribution in [2.24, 2.45) is 5.92 Å². The molecule has 18 heavy (non-hydrogen) atoms. The van der Waals surface area contributed by atoms with Gasteiger partial charge in [-0.2, -0.15) is 4.98 Å². The lowest BCUT2D eigenvalue weighted by Crippen LogP contribution is -2.03. The van der Waals surface area contributed by atoms with Crippen LogP contribution in [-0.2, 0) is 12.8 Å². The Morgan fingerprint density at radius 2 is 2.06 bits per heavy atom. The van der Waals surface area contributed by atoms with E-state index in [4.69, 9.17) is 4.52 Å². The molecule has 1 aliphatic carbocycles. The van der Waals surface area contributed by atoms with Crippen molar-refractivity contribution in [3.8, 4) is 0 Å². The second-order valence-electron chi connectivity index (χ2n) is 4.72. The Hall–Kier alpha value is -1.97. The van der Waals surface area contributed by atoms with Gasteiger partial charge in [-0.3, -0.25) is 4.79 Å². The summed E-state index contributed by atoms with van der Waals surface area (Å²) in [5.41, 5.74) is 0.680. The molecule has 1 aliphatic rings. The Kier molecular flexibility index (Phi) is 2.92. The number of Topliss-reactive ketones (excluding diaryl/α,β-unsaturated/α-hetero) is 1. The highest BCUT2D eigenvalue weighted by Gasteiger charge is 2.24. The first-order chi connectivity index (χ1) is 8.81. The van der Waals surface area contributed by atoms with E-state index < -0.39 is 0 Å². The Balaban J connectivity index is 1.65. The smallest absolute Gasteiger partial charge is 0.234 e. The van der Waals surface area contributed by atoms with Gasteiger partial charge in [0.15, 0.2) is 11.6 Å². The first kappa shape index (κ1) is 11.1. The van der Waals surface area contributed by atoms with Crippen LogP contribution in [-0.4, -0.2) is 15.9 Å². The van der Waals surface area contributed by atoms with Crippen LogP contribution in [0.4, 0.5) is 0 Å². The summed E-state index contributed by atoms with van der Waals surface area (Å²) in [5.74, 6) is 1.88. The fraction of sp³-hybridized carbons (Fsp3) is 0.357. The lowest BCUT2D eigenvalue weighted by molar-refractivity contribution is 0.0983. The van der Waals surface area contributed by atoms with Crippen molar-refractivity contribution in [1.82, 2.24) is 10.1 Å². The summed E-state index contributed by atoms with van der Waals surface area (Å²) < 4.78 is 5.10. The molecule has 4 nitrogen and oxygen atoms in total. The molecule has 1 saturated carbocycles. The van der Waals surface area contributed by atoms with Crippen LogP contribution in [0.2, 0.25) is 0 Å². The molecule has 0 bridgehead atoms. The number of ketones is 1. The van der Waals surface area contributed by atoms with Gasteiger partial charge >= 0.3 is 0 Å². The molecule has 2 aromatic rings. The monoisotopic (exact) mass is 242 g/mol. The summed E-state index contributed by atoms with van der Waals surface area (Å²) in [6, 6.07) is 9.17. The summed E-state index contributed by atoms with van der Waals surface area (Å²) in [6.07, 6.45) is 3.57. The van der Waals surface area contributed by atoms with Crippen LogP contribution in [0.1, 0.15) is 34.9 Å². The van der Waals surface area contributed by atoms with Crippen LogP contribution in [0.25, 0.3) is 0 Å². The minimum Gasteiger partial charge on any atom is -0.339 e. The lowest BCUT2D eigenvalue weighted by atomic mass is 10.1. The summed E-state index contributed by atoms with van der Waals surface area (Å²) in [5, 5.41) is 3.90. The second-order valence-corrected chi connectivity index (χ2v) is 4.72. The fourth-order valence-corrected chi connectivity index (χ4v) is 1.89. The van der Waals surface area contributed by atoms with E-state index in [-0.39, 0.29) is 12.2 Å². The Bertz CT molecular complexity index is 544. The van der Waals surface area contributed by atoms with Crippen molar-refractivity contribution in [2.75, 3.05) is 0 Å². The highest BCUT2D eigenvalue weighted by atomic mass is 16.5. The summed E-state index contributed by atoms with van der Waals surface area (Å²) in [6.45, 7) is 0. The van der Waals surface area contributed by atoms with Crippen LogP contribution in [0.5, 0.6) is 0 Å². The normalized spacial score (nSPS) is 14.7. The third-order valence-electron chi connectivity index (χ3n) is 3.09. The van der Waals surface area contributed by atoms with Crippen LogP contribution < -0.4 is 0 Å². The Morgan fingerprint density at radius 1 is 1.28 bits per heavy atom. The molecule has 0 N–H and O–H groups in total. The van der Waals surface area contributed by atoms with E-state index in [0.29, 0.717) is 11.5 Å². The van der Waals surface area contributed by atoms with Crippen molar-refractivity contribution >= 4 is 5.78 Å². The molecular formula is C14H14N2O2. The number of rotatable bonds is 5. The predicted molar refractivity (Wildman–Crippen MR) is 65.2 cm³/mol. The standard InChI is InChI=1S/C14H14N2O2/c17-12(11-4-2-1-3-5-11)9-14-15-13(16-18-14)8-10-6-7-10/h1-5,10H,6-9H2. The van der Waals surface area contributed by atoms with Crippen molar-refractivity contribution in [2.45, 2.75) is 25.7 Å². The molecule has 0 aliphatic heterocycles. The van der Waals surface area contributed by atoms with Crippen molar-refractivity contribution in [1.29, 1.82) is 0 Å². The lowest BCUT2D eigenvalue weighted by Gasteiger charge is -1.95. The Morgan fingerprint density at radius 3 is 2.78 bits per heavy atom. The molecule has 3 rings (SSSR count). The SMILES string of the molecule is O=C(Cc1nc(CC2CC2)no1)c1ccccc1. The number of carbonyl (C=O) groups is 1. The van der Waals surface area contributed by atoms with Gasteiger partial charge in [0.1, 0.15) is 0 Å². The number of hydrogen-bond acceptors (Lipinski definition) is 4. The molecule has 1 heterocycles. The summed E-state index contributed by atoms with van der Waals surface area (Å²) in [7, 11) is 0. The largest absolute Gasteiger partial charge is 0.339 e. The first-order valence-corrected chi connectivity index (χ1v) is 6.21. The number of benzene rings is 1. The van der Waals surface area contributed by atoms with Gasteiger partial charge in [-0.05, 0) is 18.8 Å². The van der Waals surface area contributed by atoms with Crippen molar-refractivity contribution < 1.29 is 9.32 Å². The molecule has 4 heteroatoms. The molecular weight excluding hydrogens is 228 g/mol. The van der Waals surface area contributed by atoms with E-state index in [0.717, 1.165) is 18.2 Å². The Labute approximate surface area is 105 Å². The topological polar surface area (TPSA) is 56.0 Å². The zero-order chi connectivity index (χ0) is 12.4. The van der Waals surface area contributed by atoms with E-state index in [9.17, 15) is 4.79 Å². The van der Waals surface area contributed by atoms with Gasteiger partial charge in [0.05, 0.1) is 6.42 Å². The van der Waals surface area contributed by atoms with Crippen LogP contribution >= 0.6 is 0 Å². The minimum atomic E-state index is 0.0113. The molecule has 0 saturated heterocycles. The second kappa shape index (κ2) is 4.72. The molecule has 0 amide bonds. The third kappa shape index (κ3) is 2.64. The van der Waals surface area contributed by atoms with Gasteiger partial charge in [0.2, 0.25) is 5.89 Å². The maximum absolute atomic E-state index is 11.9. The van der Waals surface area contributed by atoms with Gasteiger partial charge in [-0.1, -0.05) is 35.5 Å². The zero-order valence-electron chi connectivity index (χ0n) is 10.0. The van der Waals surface area contributed by atoms with E-state index in [1.54, 1.807) is 12.1 Å². The van der Waals surface area contributed by atoms with E-state index in [2.05, 4.69) is 10.1 Å². The molecule has 1 aromatic heterocycles. The molecule has 0 radical (unpaired) electrons. The van der Waals surface area contributed by atoms with Crippen molar-refractivity contribution in [3.63, 3.8) is 0 Å². The summed E-state index contributed by atoms with van der Waals surface area (Å²) >= 11 is 0.